The van der Waals surface area contributed by atoms with Crippen LogP contribution in [0.25, 0.3) is 64.5 Å². The number of fused-ring (bicyclic) bond motifs is 10. The lowest BCUT2D eigenvalue weighted by molar-refractivity contribution is 0.661. The minimum atomic E-state index is -0.0209. The molecule has 3 heteroatoms. The number of para-hydroxylation sites is 1. The summed E-state index contributed by atoms with van der Waals surface area (Å²) in [4.78, 5) is 0. The number of rotatable bonds is 3. The Labute approximate surface area is 277 Å². The van der Waals surface area contributed by atoms with E-state index in [-0.39, 0.29) is 11.5 Å². The smallest absolute Gasteiger partial charge is 0.112 e. The summed E-state index contributed by atoms with van der Waals surface area (Å²) < 4.78 is 5.12. The Morgan fingerprint density at radius 2 is 1.38 bits per heavy atom. The third kappa shape index (κ3) is 3.84. The van der Waals surface area contributed by atoms with Crippen molar-refractivity contribution in [3.05, 3.63) is 168 Å². The maximum Gasteiger partial charge on any atom is 0.112 e. The van der Waals surface area contributed by atoms with Crippen LogP contribution in [0.5, 0.6) is 0 Å². The van der Waals surface area contributed by atoms with Crippen LogP contribution in [0.2, 0.25) is 0 Å². The predicted molar refractivity (Wildman–Crippen MR) is 201 cm³/mol. The van der Waals surface area contributed by atoms with Gasteiger partial charge in [0, 0.05) is 36.4 Å². The molecule has 8 aromatic rings. The molecule has 6 aromatic carbocycles. The van der Waals surface area contributed by atoms with Crippen LogP contribution in [0, 0.1) is 0 Å². The van der Waals surface area contributed by atoms with Crippen LogP contribution in [0.1, 0.15) is 42.1 Å². The van der Waals surface area contributed by atoms with E-state index >= 15 is 0 Å². The van der Waals surface area contributed by atoms with Crippen molar-refractivity contribution < 1.29 is 0 Å². The normalized spacial score (nSPS) is 16.7. The SMILES string of the molecule is CC1(C)c2ccccc2-c2c1ccc1sc3cc4c(cc3c21)c1ccccc1n4C1=CC(c2ccccc2)=CC(c2ccccc2)N1. The van der Waals surface area contributed by atoms with Gasteiger partial charge >= 0.3 is 0 Å². The molecule has 2 aromatic heterocycles. The molecule has 1 aliphatic heterocycles. The molecule has 1 atom stereocenters. The number of hydrogen-bond donors (Lipinski definition) is 1. The summed E-state index contributed by atoms with van der Waals surface area (Å²) >= 11 is 1.91. The summed E-state index contributed by atoms with van der Waals surface area (Å²) in [7, 11) is 0. The first-order valence-corrected chi connectivity index (χ1v) is 17.2. The molecule has 0 saturated carbocycles. The quantitative estimate of drug-likeness (QED) is 0.208. The van der Waals surface area contributed by atoms with E-state index in [0.717, 1.165) is 5.82 Å². The number of thiophene rings is 1. The average molecular weight is 621 g/mol. The highest BCUT2D eigenvalue weighted by molar-refractivity contribution is 7.26. The first-order valence-electron chi connectivity index (χ1n) is 16.4. The van der Waals surface area contributed by atoms with Crippen molar-refractivity contribution in [2.75, 3.05) is 0 Å². The average Bonchev–Trinajstić information content (AvgIpc) is 3.73. The van der Waals surface area contributed by atoms with E-state index in [1.807, 2.05) is 11.3 Å². The third-order valence-corrected chi connectivity index (χ3v) is 11.5. The van der Waals surface area contributed by atoms with E-state index < -0.39 is 0 Å². The summed E-state index contributed by atoms with van der Waals surface area (Å²) in [5.41, 5.74) is 11.7. The second kappa shape index (κ2) is 9.81. The van der Waals surface area contributed by atoms with E-state index in [4.69, 9.17) is 0 Å². The second-order valence-electron chi connectivity index (χ2n) is 13.4. The van der Waals surface area contributed by atoms with Gasteiger partial charge in [-0.2, -0.15) is 0 Å². The molecule has 0 amide bonds. The number of benzene rings is 6. The van der Waals surface area contributed by atoms with E-state index in [1.165, 1.54) is 80.9 Å². The monoisotopic (exact) mass is 620 g/mol. The van der Waals surface area contributed by atoms with Gasteiger partial charge in [-0.25, -0.2) is 0 Å². The molecule has 224 valence electrons. The maximum atomic E-state index is 3.94. The topological polar surface area (TPSA) is 17.0 Å². The van der Waals surface area contributed by atoms with Gasteiger partial charge in [-0.15, -0.1) is 11.3 Å². The van der Waals surface area contributed by atoms with Crippen molar-refractivity contribution in [1.29, 1.82) is 0 Å². The lowest BCUT2D eigenvalue weighted by atomic mass is 9.82. The fraction of sp³-hybridized carbons (Fsp3) is 0.0909. The van der Waals surface area contributed by atoms with Crippen LogP contribution in [0.15, 0.2) is 146 Å². The lowest BCUT2D eigenvalue weighted by Gasteiger charge is -2.27. The molecule has 47 heavy (non-hydrogen) atoms. The predicted octanol–water partition coefficient (Wildman–Crippen LogP) is 11.7. The molecule has 0 saturated heterocycles. The molecular formula is C44H32N2S. The summed E-state index contributed by atoms with van der Waals surface area (Å²) in [6, 6.07) is 49.1. The summed E-state index contributed by atoms with van der Waals surface area (Å²) in [6.45, 7) is 4.74. The van der Waals surface area contributed by atoms with E-state index in [0.29, 0.717) is 0 Å². The molecule has 0 spiro atoms. The molecule has 1 N–H and O–H groups in total. The van der Waals surface area contributed by atoms with Crippen LogP contribution in [0.4, 0.5) is 0 Å². The fourth-order valence-corrected chi connectivity index (χ4v) is 9.31. The number of allylic oxidation sites excluding steroid dienone is 2. The zero-order valence-electron chi connectivity index (χ0n) is 26.3. The largest absolute Gasteiger partial charge is 0.361 e. The highest BCUT2D eigenvalue weighted by Gasteiger charge is 2.37. The highest BCUT2D eigenvalue weighted by atomic mass is 32.1. The number of nitrogens with zero attached hydrogens (tertiary/aromatic N) is 1. The fourth-order valence-electron chi connectivity index (χ4n) is 8.18. The molecule has 10 rings (SSSR count). The Morgan fingerprint density at radius 3 is 2.23 bits per heavy atom. The second-order valence-corrected chi connectivity index (χ2v) is 14.5. The van der Waals surface area contributed by atoms with Gasteiger partial charge in [-0.3, -0.25) is 4.57 Å². The van der Waals surface area contributed by atoms with Gasteiger partial charge in [-0.05, 0) is 75.4 Å². The van der Waals surface area contributed by atoms with Crippen molar-refractivity contribution in [2.24, 2.45) is 0 Å². The molecule has 2 aliphatic rings. The van der Waals surface area contributed by atoms with Crippen molar-refractivity contribution in [3.63, 3.8) is 0 Å². The van der Waals surface area contributed by atoms with E-state index in [9.17, 15) is 0 Å². The van der Waals surface area contributed by atoms with Crippen LogP contribution in [-0.4, -0.2) is 4.57 Å². The first-order chi connectivity index (χ1) is 23.1. The van der Waals surface area contributed by atoms with Crippen molar-refractivity contribution >= 4 is 64.7 Å². The van der Waals surface area contributed by atoms with Crippen LogP contribution in [0.3, 0.4) is 0 Å². The van der Waals surface area contributed by atoms with Gasteiger partial charge in [0.2, 0.25) is 0 Å². The molecule has 0 fully saturated rings. The van der Waals surface area contributed by atoms with Crippen LogP contribution >= 0.6 is 11.3 Å². The molecule has 3 heterocycles. The van der Waals surface area contributed by atoms with Crippen molar-refractivity contribution in [2.45, 2.75) is 25.3 Å². The Balaban J connectivity index is 1.25. The van der Waals surface area contributed by atoms with E-state index in [2.05, 4.69) is 169 Å². The zero-order valence-corrected chi connectivity index (χ0v) is 27.1. The zero-order chi connectivity index (χ0) is 31.3. The summed E-state index contributed by atoms with van der Waals surface area (Å²) in [6.07, 6.45) is 4.67. The number of nitrogens with one attached hydrogen (secondary N) is 1. The van der Waals surface area contributed by atoms with E-state index in [1.54, 1.807) is 0 Å². The molecule has 0 bridgehead atoms. The number of dihydropyridines is 1. The number of aromatic nitrogens is 1. The van der Waals surface area contributed by atoms with Gasteiger partial charge in [0.1, 0.15) is 5.82 Å². The molecule has 2 nitrogen and oxygen atoms in total. The third-order valence-electron chi connectivity index (χ3n) is 10.4. The Morgan fingerprint density at radius 1 is 0.638 bits per heavy atom. The highest BCUT2D eigenvalue weighted by Crippen LogP contribution is 2.54. The Bertz CT molecular complexity index is 2620. The minimum absolute atomic E-state index is 0.0209. The van der Waals surface area contributed by atoms with Gasteiger partial charge in [0.15, 0.2) is 0 Å². The van der Waals surface area contributed by atoms with Crippen molar-refractivity contribution in [1.82, 2.24) is 9.88 Å². The van der Waals surface area contributed by atoms with Crippen LogP contribution < -0.4 is 5.32 Å². The molecule has 1 aliphatic carbocycles. The molecule has 1 unspecified atom stereocenters. The van der Waals surface area contributed by atoms with Crippen LogP contribution in [-0.2, 0) is 5.41 Å². The van der Waals surface area contributed by atoms with Gasteiger partial charge in [-0.1, -0.05) is 123 Å². The Hall–Kier alpha value is -5.38. The minimum Gasteiger partial charge on any atom is -0.361 e. The van der Waals surface area contributed by atoms with Gasteiger partial charge < -0.3 is 5.32 Å². The molecular weight excluding hydrogens is 589 g/mol. The van der Waals surface area contributed by atoms with Gasteiger partial charge in [0.25, 0.3) is 0 Å². The summed E-state index contributed by atoms with van der Waals surface area (Å²) in [5.74, 6) is 1.09. The van der Waals surface area contributed by atoms with Crippen molar-refractivity contribution in [3.8, 4) is 11.1 Å². The maximum absolute atomic E-state index is 3.94. The van der Waals surface area contributed by atoms with Gasteiger partial charge in [0.05, 0.1) is 17.1 Å². The lowest BCUT2D eigenvalue weighted by Crippen LogP contribution is -2.24. The Kier molecular flexibility index (Phi) is 5.59. The standard InChI is InChI=1S/C44H32N2S/c1-44(2)34-19-11-9-18-31(34)42-35(44)21-22-39-43(42)33-25-32-30-17-10-12-20-37(30)46(38(32)26-40(33)47-39)41-24-29(27-13-5-3-6-14-27)23-36(45-41)28-15-7-4-8-16-28/h3-26,36,45H,1-2H3. The molecule has 0 radical (unpaired) electrons. The first kappa shape index (κ1) is 26.8. The summed E-state index contributed by atoms with van der Waals surface area (Å²) in [5, 5.41) is 9.23. The number of hydrogen-bond acceptors (Lipinski definition) is 2.